The molecule has 0 aromatic carbocycles. The van der Waals surface area contributed by atoms with E-state index < -0.39 is 0 Å². The zero-order chi connectivity index (χ0) is 13.1. The van der Waals surface area contributed by atoms with E-state index >= 15 is 0 Å². The molecule has 0 atom stereocenters. The predicted molar refractivity (Wildman–Crippen MR) is 81.5 cm³/mol. The first-order chi connectivity index (χ1) is 9.85. The van der Waals surface area contributed by atoms with Crippen LogP contribution in [0.5, 0.6) is 0 Å². The minimum Gasteiger partial charge on any atom is -0.309 e. The molecule has 4 aliphatic carbocycles. The van der Waals surface area contributed by atoms with Crippen molar-refractivity contribution in [2.24, 2.45) is 29.6 Å². The smallest absolute Gasteiger partial charge is 0.0209 e. The zero-order valence-corrected chi connectivity index (χ0v) is 12.6. The van der Waals surface area contributed by atoms with Gasteiger partial charge in [0.2, 0.25) is 0 Å². The van der Waals surface area contributed by atoms with Gasteiger partial charge in [0.25, 0.3) is 0 Å². The van der Waals surface area contributed by atoms with Crippen molar-refractivity contribution in [2.45, 2.75) is 38.5 Å². The van der Waals surface area contributed by atoms with Gasteiger partial charge in [0, 0.05) is 32.7 Å². The Morgan fingerprint density at radius 1 is 0.900 bits per heavy atom. The van der Waals surface area contributed by atoms with Gasteiger partial charge in [-0.15, -0.1) is 0 Å². The number of hydrogen-bond acceptors (Lipinski definition) is 2. The Balaban J connectivity index is 1.28. The minimum absolute atomic E-state index is 1.05. The van der Waals surface area contributed by atoms with Crippen LogP contribution in [0.2, 0.25) is 0 Å². The predicted octanol–water partition coefficient (Wildman–Crippen LogP) is 2.66. The quantitative estimate of drug-likeness (QED) is 0.778. The van der Waals surface area contributed by atoms with Crippen molar-refractivity contribution in [3.63, 3.8) is 0 Å². The maximum Gasteiger partial charge on any atom is 0.0209 e. The van der Waals surface area contributed by atoms with Crippen LogP contribution in [-0.2, 0) is 0 Å². The molecule has 2 nitrogen and oxygen atoms in total. The summed E-state index contributed by atoms with van der Waals surface area (Å²) in [7, 11) is 0. The average molecular weight is 272 g/mol. The third-order valence-electron chi connectivity index (χ3n) is 7.21. The summed E-state index contributed by atoms with van der Waals surface area (Å²) in [6.07, 6.45) is 9.27. The Hall–Kier alpha value is -0.340. The molecule has 0 unspecified atom stereocenters. The Morgan fingerprint density at radius 3 is 2.35 bits per heavy atom. The normalized spacial score (nSPS) is 47.1. The first-order valence-corrected chi connectivity index (χ1v) is 8.98. The fourth-order valence-electron chi connectivity index (χ4n) is 6.48. The molecule has 4 saturated carbocycles. The highest BCUT2D eigenvalue weighted by Crippen LogP contribution is 2.56. The van der Waals surface area contributed by atoms with Crippen molar-refractivity contribution < 1.29 is 0 Å². The van der Waals surface area contributed by atoms with Crippen molar-refractivity contribution in [1.82, 2.24) is 10.2 Å². The molecule has 20 heavy (non-hydrogen) atoms. The lowest BCUT2D eigenvalue weighted by atomic mass is 9.52. The fraction of sp³-hybridized carbons (Fsp3) is 0.889. The minimum atomic E-state index is 1.05. The second-order valence-corrected chi connectivity index (χ2v) is 8.39. The van der Waals surface area contributed by atoms with Gasteiger partial charge in [0.05, 0.1) is 0 Å². The average Bonchev–Trinajstić information content (AvgIpc) is 2.89. The van der Waals surface area contributed by atoms with Gasteiger partial charge in [-0.05, 0) is 73.7 Å². The Labute approximate surface area is 123 Å². The molecule has 4 fully saturated rings. The summed E-state index contributed by atoms with van der Waals surface area (Å²) >= 11 is 0. The van der Waals surface area contributed by atoms with E-state index in [1.54, 1.807) is 43.3 Å². The maximum atomic E-state index is 3.54. The Bertz CT molecular complexity index is 411. The molecule has 0 saturated heterocycles. The van der Waals surface area contributed by atoms with Gasteiger partial charge in [-0.1, -0.05) is 5.57 Å². The second kappa shape index (κ2) is 4.58. The third-order valence-corrected chi connectivity index (χ3v) is 7.21. The van der Waals surface area contributed by atoms with Crippen LogP contribution in [0, 0.1) is 29.6 Å². The molecular formula is C18H28N2. The van der Waals surface area contributed by atoms with E-state index in [1.807, 2.05) is 0 Å². The SMILES string of the molecule is C1CN(CC2C3CC4CC(C3)CC2C4)CC2=C1CNC2. The summed E-state index contributed by atoms with van der Waals surface area (Å²) in [4.78, 5) is 2.80. The van der Waals surface area contributed by atoms with Crippen LogP contribution in [0.1, 0.15) is 38.5 Å². The van der Waals surface area contributed by atoms with Crippen molar-refractivity contribution in [1.29, 1.82) is 0 Å². The van der Waals surface area contributed by atoms with Crippen LogP contribution in [-0.4, -0.2) is 37.6 Å². The largest absolute Gasteiger partial charge is 0.309 e. The highest BCUT2D eigenvalue weighted by Gasteiger charge is 2.48. The summed E-state index contributed by atoms with van der Waals surface area (Å²) in [6, 6.07) is 0. The maximum absolute atomic E-state index is 3.54. The van der Waals surface area contributed by atoms with Crippen LogP contribution in [0.15, 0.2) is 11.1 Å². The standard InChI is InChI=1S/C18H28N2/c1-2-20(10-17-9-19-8-14(1)17)11-18-15-4-12-3-13(6-15)7-16(18)5-12/h12-13,15-16,18-19H,1-11H2. The Kier molecular flexibility index (Phi) is 2.80. The number of nitrogens with zero attached hydrogens (tertiary/aromatic N) is 1. The molecular weight excluding hydrogens is 244 g/mol. The van der Waals surface area contributed by atoms with Gasteiger partial charge >= 0.3 is 0 Å². The summed E-state index contributed by atoms with van der Waals surface area (Å²) < 4.78 is 0. The van der Waals surface area contributed by atoms with Crippen LogP contribution >= 0.6 is 0 Å². The van der Waals surface area contributed by atoms with E-state index in [1.165, 1.54) is 39.1 Å². The molecule has 0 spiro atoms. The monoisotopic (exact) mass is 272 g/mol. The summed E-state index contributed by atoms with van der Waals surface area (Å²) in [6.45, 7) is 6.40. The highest BCUT2D eigenvalue weighted by atomic mass is 15.1. The van der Waals surface area contributed by atoms with Gasteiger partial charge in [-0.2, -0.15) is 0 Å². The lowest BCUT2D eigenvalue weighted by Crippen LogP contribution is -2.49. The fourth-order valence-corrected chi connectivity index (χ4v) is 6.48. The number of hydrogen-bond donors (Lipinski definition) is 1. The first-order valence-electron chi connectivity index (χ1n) is 8.98. The van der Waals surface area contributed by atoms with E-state index in [2.05, 4.69) is 10.2 Å². The molecule has 0 amide bonds. The van der Waals surface area contributed by atoms with Gasteiger partial charge in [-0.25, -0.2) is 0 Å². The molecule has 2 heterocycles. The molecule has 2 aliphatic heterocycles. The lowest BCUT2D eigenvalue weighted by molar-refractivity contribution is -0.0485. The van der Waals surface area contributed by atoms with Gasteiger partial charge in [0.15, 0.2) is 0 Å². The van der Waals surface area contributed by atoms with Crippen molar-refractivity contribution in [3.05, 3.63) is 11.1 Å². The highest BCUT2D eigenvalue weighted by molar-refractivity contribution is 5.26. The van der Waals surface area contributed by atoms with E-state index in [0.29, 0.717) is 0 Å². The van der Waals surface area contributed by atoms with Crippen LogP contribution < -0.4 is 5.32 Å². The molecule has 4 bridgehead atoms. The summed E-state index contributed by atoms with van der Waals surface area (Å²) in [5, 5.41) is 3.54. The second-order valence-electron chi connectivity index (χ2n) is 8.39. The van der Waals surface area contributed by atoms with E-state index in [9.17, 15) is 0 Å². The van der Waals surface area contributed by atoms with Crippen molar-refractivity contribution in [2.75, 3.05) is 32.7 Å². The number of rotatable bonds is 2. The molecule has 6 rings (SSSR count). The van der Waals surface area contributed by atoms with Gasteiger partial charge in [-0.3, -0.25) is 4.90 Å². The molecule has 2 heteroatoms. The molecule has 6 aliphatic rings. The summed E-state index contributed by atoms with van der Waals surface area (Å²) in [5.41, 5.74) is 3.48. The van der Waals surface area contributed by atoms with Gasteiger partial charge < -0.3 is 5.32 Å². The molecule has 110 valence electrons. The van der Waals surface area contributed by atoms with Crippen molar-refractivity contribution in [3.8, 4) is 0 Å². The van der Waals surface area contributed by atoms with Crippen molar-refractivity contribution >= 4 is 0 Å². The zero-order valence-electron chi connectivity index (χ0n) is 12.6. The Morgan fingerprint density at radius 2 is 1.60 bits per heavy atom. The first kappa shape index (κ1) is 12.2. The van der Waals surface area contributed by atoms with Gasteiger partial charge in [0.1, 0.15) is 0 Å². The third kappa shape index (κ3) is 1.91. The van der Waals surface area contributed by atoms with E-state index in [0.717, 1.165) is 29.6 Å². The molecule has 0 aromatic rings. The number of nitrogens with one attached hydrogen (secondary N) is 1. The topological polar surface area (TPSA) is 15.3 Å². The van der Waals surface area contributed by atoms with Crippen LogP contribution in [0.25, 0.3) is 0 Å². The van der Waals surface area contributed by atoms with E-state index in [-0.39, 0.29) is 0 Å². The lowest BCUT2D eigenvalue weighted by Gasteiger charge is -2.55. The summed E-state index contributed by atoms with van der Waals surface area (Å²) in [5.74, 6) is 5.51. The van der Waals surface area contributed by atoms with E-state index in [4.69, 9.17) is 0 Å². The molecule has 0 radical (unpaired) electrons. The molecule has 0 aromatic heterocycles. The van der Waals surface area contributed by atoms with Crippen LogP contribution in [0.3, 0.4) is 0 Å². The molecule has 1 N–H and O–H groups in total. The van der Waals surface area contributed by atoms with Crippen LogP contribution in [0.4, 0.5) is 0 Å².